The fraction of sp³-hybridized carbons (Fsp3) is 0.955. The lowest BCUT2D eigenvalue weighted by Crippen LogP contribution is -2.28. The van der Waals surface area contributed by atoms with Crippen LogP contribution in [0.5, 0.6) is 0 Å². The van der Waals surface area contributed by atoms with Gasteiger partial charge in [-0.05, 0) is 44.7 Å². The molecule has 0 spiro atoms. The summed E-state index contributed by atoms with van der Waals surface area (Å²) in [6.07, 6.45) is 11.9. The van der Waals surface area contributed by atoms with Crippen LogP contribution >= 0.6 is 0 Å². The highest BCUT2D eigenvalue weighted by molar-refractivity contribution is 5.83. The molecule has 2 fully saturated rings. The van der Waals surface area contributed by atoms with Crippen LogP contribution in [-0.4, -0.2) is 36.8 Å². The maximum absolute atomic E-state index is 9.22. The average Bonchev–Trinajstić information content (AvgIpc) is 3.39. The van der Waals surface area contributed by atoms with Gasteiger partial charge in [0.05, 0.1) is 12.0 Å². The first-order valence-electron chi connectivity index (χ1n) is 11.2. The Bertz CT molecular complexity index is 345. The predicted molar refractivity (Wildman–Crippen MR) is 113 cm³/mol. The van der Waals surface area contributed by atoms with E-state index in [1.54, 1.807) is 0 Å². The smallest absolute Gasteiger partial charge is 0.187 e. The Kier molecular flexibility index (Phi) is 15.1. The fourth-order valence-corrected chi connectivity index (χ4v) is 3.62. The van der Waals surface area contributed by atoms with Crippen LogP contribution in [0.15, 0.2) is 0 Å². The molecule has 3 unspecified atom stereocenters. The second kappa shape index (κ2) is 15.4. The summed E-state index contributed by atoms with van der Waals surface area (Å²) < 4.78 is 5.69. The van der Waals surface area contributed by atoms with Crippen molar-refractivity contribution in [3.05, 3.63) is 0 Å². The van der Waals surface area contributed by atoms with Crippen molar-refractivity contribution in [2.45, 2.75) is 105 Å². The van der Waals surface area contributed by atoms with Crippen molar-refractivity contribution in [1.82, 2.24) is 5.32 Å². The number of aliphatic hydroxyl groups excluding tert-OH is 1. The monoisotopic (exact) mass is 370 g/mol. The molecule has 2 rings (SSSR count). The number of nitrogens with one attached hydrogen (secondary N) is 2. The number of rotatable bonds is 9. The molecule has 3 N–H and O–H groups in total. The third-order valence-electron chi connectivity index (χ3n) is 5.36. The maximum atomic E-state index is 9.22. The first kappa shape index (κ1) is 25.4. The molecule has 0 bridgehead atoms. The van der Waals surface area contributed by atoms with Gasteiger partial charge in [0, 0.05) is 0 Å². The molecule has 4 heteroatoms. The highest BCUT2D eigenvalue weighted by Gasteiger charge is 2.58. The molecule has 1 aliphatic heterocycles. The van der Waals surface area contributed by atoms with E-state index in [9.17, 15) is 5.11 Å². The first-order chi connectivity index (χ1) is 12.6. The average molecular weight is 371 g/mol. The van der Waals surface area contributed by atoms with Crippen LogP contribution in [0.1, 0.15) is 98.8 Å². The molecule has 1 saturated heterocycles. The lowest BCUT2D eigenvalue weighted by Gasteiger charge is -2.22. The van der Waals surface area contributed by atoms with Crippen LogP contribution in [0, 0.1) is 16.7 Å². The van der Waals surface area contributed by atoms with Gasteiger partial charge in [0.15, 0.2) is 5.90 Å². The van der Waals surface area contributed by atoms with E-state index in [2.05, 4.69) is 26.1 Å². The Labute approximate surface area is 163 Å². The molecule has 1 aliphatic carbocycles. The van der Waals surface area contributed by atoms with Crippen LogP contribution in [0.2, 0.25) is 0 Å². The molecule has 0 radical (unpaired) electrons. The topological polar surface area (TPSA) is 65.3 Å². The van der Waals surface area contributed by atoms with Gasteiger partial charge < -0.3 is 15.2 Å². The predicted octanol–water partition coefficient (Wildman–Crippen LogP) is 5.53. The number of unbranched alkanes of at least 4 members (excludes halogenated alkanes) is 4. The van der Waals surface area contributed by atoms with Gasteiger partial charge in [-0.15, -0.1) is 0 Å². The summed E-state index contributed by atoms with van der Waals surface area (Å²) in [7, 11) is 0. The molecule has 0 aromatic heterocycles. The van der Waals surface area contributed by atoms with Crippen molar-refractivity contribution in [2.24, 2.45) is 11.3 Å². The molecular formula is C22H46N2O2. The number of aliphatic hydroxyl groups is 1. The summed E-state index contributed by atoms with van der Waals surface area (Å²) in [6, 6.07) is 0. The van der Waals surface area contributed by atoms with Gasteiger partial charge in [-0.1, -0.05) is 73.1 Å². The zero-order valence-corrected chi connectivity index (χ0v) is 18.2. The van der Waals surface area contributed by atoms with Crippen LogP contribution in [0.25, 0.3) is 0 Å². The van der Waals surface area contributed by atoms with Crippen molar-refractivity contribution in [1.29, 1.82) is 5.41 Å². The summed E-state index contributed by atoms with van der Waals surface area (Å²) in [5.74, 6) is 1.01. The van der Waals surface area contributed by atoms with Gasteiger partial charge in [0.25, 0.3) is 0 Å². The largest absolute Gasteiger partial charge is 0.475 e. The standard InChI is InChI=1S/C13H24N2O2.C7H16.C2H6/c1-2-4-11(9-16)17-12(14)13-5-3-6-15-8-10(13)7-13;1-3-5-7-6-4-2;1-2/h10-11,14-16H,2-9H2,1H3;3-7H2,1-2H3;1-2H3. The van der Waals surface area contributed by atoms with Crippen molar-refractivity contribution >= 4 is 5.90 Å². The summed E-state index contributed by atoms with van der Waals surface area (Å²) in [6.45, 7) is 12.7. The zero-order chi connectivity index (χ0) is 19.8. The lowest BCUT2D eigenvalue weighted by molar-refractivity contribution is 0.0867. The minimum atomic E-state index is -0.181. The van der Waals surface area contributed by atoms with E-state index in [1.807, 2.05) is 13.8 Å². The number of fused-ring (bicyclic) bond motifs is 1. The number of hydrogen-bond acceptors (Lipinski definition) is 4. The minimum Gasteiger partial charge on any atom is -0.475 e. The summed E-state index contributed by atoms with van der Waals surface area (Å²) in [4.78, 5) is 0. The Morgan fingerprint density at radius 2 is 1.81 bits per heavy atom. The second-order valence-electron chi connectivity index (χ2n) is 7.47. The Balaban J connectivity index is 0.000000589. The normalized spacial score (nSPS) is 24.6. The molecule has 2 aliphatic rings. The quantitative estimate of drug-likeness (QED) is 0.284. The molecule has 0 amide bonds. The molecule has 26 heavy (non-hydrogen) atoms. The maximum Gasteiger partial charge on any atom is 0.187 e. The Morgan fingerprint density at radius 3 is 2.35 bits per heavy atom. The summed E-state index contributed by atoms with van der Waals surface area (Å²) in [5.41, 5.74) is 0.00462. The van der Waals surface area contributed by atoms with Crippen molar-refractivity contribution in [2.75, 3.05) is 19.7 Å². The Hall–Kier alpha value is -0.610. The van der Waals surface area contributed by atoms with E-state index < -0.39 is 0 Å². The van der Waals surface area contributed by atoms with Gasteiger partial charge in [0.2, 0.25) is 0 Å². The van der Waals surface area contributed by atoms with E-state index in [4.69, 9.17) is 10.1 Å². The summed E-state index contributed by atoms with van der Waals surface area (Å²) >= 11 is 0. The van der Waals surface area contributed by atoms with E-state index in [1.165, 1.54) is 32.1 Å². The van der Waals surface area contributed by atoms with Crippen LogP contribution in [0.3, 0.4) is 0 Å². The van der Waals surface area contributed by atoms with E-state index in [-0.39, 0.29) is 18.1 Å². The van der Waals surface area contributed by atoms with E-state index in [0.717, 1.165) is 45.2 Å². The first-order valence-corrected chi connectivity index (χ1v) is 11.2. The minimum absolute atomic E-state index is 0.00462. The molecule has 1 heterocycles. The number of ether oxygens (including phenoxy) is 1. The Morgan fingerprint density at radius 1 is 1.15 bits per heavy atom. The lowest BCUT2D eigenvalue weighted by atomic mass is 9.97. The molecule has 1 saturated carbocycles. The molecule has 3 atom stereocenters. The highest BCUT2D eigenvalue weighted by atomic mass is 16.5. The molecular weight excluding hydrogens is 324 g/mol. The van der Waals surface area contributed by atoms with Gasteiger partial charge in [0.1, 0.15) is 6.10 Å². The van der Waals surface area contributed by atoms with Crippen molar-refractivity contribution in [3.8, 4) is 0 Å². The molecule has 0 aromatic rings. The molecule has 0 aromatic carbocycles. The van der Waals surface area contributed by atoms with Crippen LogP contribution in [-0.2, 0) is 4.74 Å². The number of hydrogen-bond donors (Lipinski definition) is 3. The van der Waals surface area contributed by atoms with Crippen LogP contribution in [0.4, 0.5) is 0 Å². The molecule has 4 nitrogen and oxygen atoms in total. The van der Waals surface area contributed by atoms with Gasteiger partial charge in [-0.3, -0.25) is 5.41 Å². The third-order valence-corrected chi connectivity index (χ3v) is 5.36. The van der Waals surface area contributed by atoms with Crippen molar-refractivity contribution in [3.63, 3.8) is 0 Å². The van der Waals surface area contributed by atoms with E-state index in [0.29, 0.717) is 11.8 Å². The van der Waals surface area contributed by atoms with Gasteiger partial charge in [-0.25, -0.2) is 0 Å². The summed E-state index contributed by atoms with van der Waals surface area (Å²) in [5, 5.41) is 20.8. The SMILES string of the molecule is CC.CCCC(CO)OC(=N)C12CCCNCC1C2.CCCCCCC. The fourth-order valence-electron chi connectivity index (χ4n) is 3.62. The third kappa shape index (κ3) is 8.85. The second-order valence-corrected chi connectivity index (χ2v) is 7.47. The van der Waals surface area contributed by atoms with Gasteiger partial charge in [-0.2, -0.15) is 0 Å². The van der Waals surface area contributed by atoms with Gasteiger partial charge >= 0.3 is 0 Å². The zero-order valence-electron chi connectivity index (χ0n) is 18.2. The van der Waals surface area contributed by atoms with Crippen molar-refractivity contribution < 1.29 is 9.84 Å². The molecule has 156 valence electrons. The van der Waals surface area contributed by atoms with E-state index >= 15 is 0 Å². The highest BCUT2D eigenvalue weighted by Crippen LogP contribution is 2.57. The van der Waals surface area contributed by atoms with Crippen LogP contribution < -0.4 is 5.32 Å².